The van der Waals surface area contributed by atoms with E-state index in [2.05, 4.69) is 26.0 Å². The van der Waals surface area contributed by atoms with Crippen LogP contribution in [0.4, 0.5) is 13.2 Å². The highest BCUT2D eigenvalue weighted by Crippen LogP contribution is 2.30. The lowest BCUT2D eigenvalue weighted by Crippen LogP contribution is -2.07. The second-order valence-electron chi connectivity index (χ2n) is 2.98. The molecule has 0 spiro atoms. The largest absolute Gasteiger partial charge is 0.433 e. The van der Waals surface area contributed by atoms with Crippen molar-refractivity contribution in [1.29, 1.82) is 0 Å². The van der Waals surface area contributed by atoms with Gasteiger partial charge in [0.2, 0.25) is 0 Å². The van der Waals surface area contributed by atoms with Crippen molar-refractivity contribution in [3.8, 4) is 0 Å². The van der Waals surface area contributed by atoms with Gasteiger partial charge in [0.15, 0.2) is 0 Å². The van der Waals surface area contributed by atoms with Crippen LogP contribution in [0.2, 0.25) is 0 Å². The Morgan fingerprint density at radius 1 is 1.33 bits per heavy atom. The van der Waals surface area contributed by atoms with E-state index < -0.39 is 11.9 Å². The summed E-state index contributed by atoms with van der Waals surface area (Å²) >= 11 is 3.12. The van der Waals surface area contributed by atoms with Crippen molar-refractivity contribution >= 4 is 27.0 Å². The van der Waals surface area contributed by atoms with Crippen LogP contribution in [0.5, 0.6) is 0 Å². The summed E-state index contributed by atoms with van der Waals surface area (Å²) in [6.07, 6.45) is -4.43. The number of nitrogens with zero attached hydrogens (tertiary/aromatic N) is 3. The SMILES string of the molecule is Cn1nc2ccc(C(F)(F)F)nc2c1Br. The summed E-state index contributed by atoms with van der Waals surface area (Å²) in [5.74, 6) is 0. The molecule has 0 aliphatic rings. The summed E-state index contributed by atoms with van der Waals surface area (Å²) in [4.78, 5) is 3.51. The fraction of sp³-hybridized carbons (Fsp3) is 0.250. The number of aromatic nitrogens is 3. The van der Waals surface area contributed by atoms with Gasteiger partial charge in [-0.2, -0.15) is 18.3 Å². The maximum Gasteiger partial charge on any atom is 0.433 e. The normalized spacial score (nSPS) is 12.3. The van der Waals surface area contributed by atoms with E-state index in [1.54, 1.807) is 7.05 Å². The Labute approximate surface area is 91.0 Å². The molecule has 15 heavy (non-hydrogen) atoms. The number of rotatable bonds is 0. The molecule has 80 valence electrons. The molecule has 0 aliphatic heterocycles. The van der Waals surface area contributed by atoms with Crippen molar-refractivity contribution in [2.45, 2.75) is 6.18 Å². The predicted octanol–water partition coefficient (Wildman–Crippen LogP) is 2.75. The van der Waals surface area contributed by atoms with Crippen LogP contribution in [0.25, 0.3) is 11.0 Å². The van der Waals surface area contributed by atoms with E-state index in [9.17, 15) is 13.2 Å². The molecule has 2 aromatic heterocycles. The molecule has 0 bridgehead atoms. The second kappa shape index (κ2) is 3.19. The molecule has 2 heterocycles. The molecule has 0 fully saturated rings. The van der Waals surface area contributed by atoms with E-state index in [1.807, 2.05) is 0 Å². The summed E-state index contributed by atoms with van der Waals surface area (Å²) in [7, 11) is 1.62. The van der Waals surface area contributed by atoms with Crippen LogP contribution in [0, 0.1) is 0 Å². The molecule has 0 saturated heterocycles. The van der Waals surface area contributed by atoms with Gasteiger partial charge >= 0.3 is 6.18 Å². The zero-order valence-corrected chi connectivity index (χ0v) is 9.09. The Kier molecular flexibility index (Phi) is 2.22. The highest BCUT2D eigenvalue weighted by Gasteiger charge is 2.32. The van der Waals surface area contributed by atoms with E-state index in [1.165, 1.54) is 10.7 Å². The molecule has 0 radical (unpaired) electrons. The van der Waals surface area contributed by atoms with Crippen molar-refractivity contribution in [2.24, 2.45) is 7.05 Å². The summed E-state index contributed by atoms with van der Waals surface area (Å²) in [6.45, 7) is 0. The first-order valence-electron chi connectivity index (χ1n) is 3.96. The third kappa shape index (κ3) is 1.71. The van der Waals surface area contributed by atoms with Gasteiger partial charge in [-0.1, -0.05) is 0 Å². The van der Waals surface area contributed by atoms with Crippen LogP contribution in [-0.2, 0) is 13.2 Å². The summed E-state index contributed by atoms with van der Waals surface area (Å²) in [5, 5.41) is 3.98. The highest BCUT2D eigenvalue weighted by molar-refractivity contribution is 9.10. The Morgan fingerprint density at radius 3 is 2.60 bits per heavy atom. The number of hydrogen-bond acceptors (Lipinski definition) is 2. The lowest BCUT2D eigenvalue weighted by atomic mass is 10.3. The smallest absolute Gasteiger partial charge is 0.259 e. The minimum Gasteiger partial charge on any atom is -0.259 e. The van der Waals surface area contributed by atoms with Crippen LogP contribution in [0.3, 0.4) is 0 Å². The van der Waals surface area contributed by atoms with Gasteiger partial charge < -0.3 is 0 Å². The average Bonchev–Trinajstić information content (AvgIpc) is 2.41. The van der Waals surface area contributed by atoms with Crippen LogP contribution in [0.15, 0.2) is 16.7 Å². The van der Waals surface area contributed by atoms with Gasteiger partial charge in [0.05, 0.1) is 0 Å². The monoisotopic (exact) mass is 279 g/mol. The molecule has 0 unspecified atom stereocenters. The number of halogens is 4. The van der Waals surface area contributed by atoms with Crippen molar-refractivity contribution in [2.75, 3.05) is 0 Å². The Hall–Kier alpha value is -1.11. The van der Waals surface area contributed by atoms with Crippen LogP contribution >= 0.6 is 15.9 Å². The first-order valence-corrected chi connectivity index (χ1v) is 4.75. The third-order valence-corrected chi connectivity index (χ3v) is 2.79. The van der Waals surface area contributed by atoms with Crippen molar-refractivity contribution in [3.63, 3.8) is 0 Å². The summed E-state index contributed by atoms with van der Waals surface area (Å²) in [6, 6.07) is 2.22. The van der Waals surface area contributed by atoms with Gasteiger partial charge in [-0.3, -0.25) is 4.68 Å². The maximum atomic E-state index is 12.3. The highest BCUT2D eigenvalue weighted by atomic mass is 79.9. The van der Waals surface area contributed by atoms with Gasteiger partial charge in [0.1, 0.15) is 21.3 Å². The lowest BCUT2D eigenvalue weighted by Gasteiger charge is -2.04. The minimum absolute atomic E-state index is 0.215. The van der Waals surface area contributed by atoms with Crippen LogP contribution in [-0.4, -0.2) is 14.8 Å². The first kappa shape index (κ1) is 10.4. The number of fused-ring (bicyclic) bond motifs is 1. The first-order chi connectivity index (χ1) is 6.89. The van der Waals surface area contributed by atoms with E-state index >= 15 is 0 Å². The average molecular weight is 280 g/mol. The molecule has 0 aliphatic carbocycles. The standard InChI is InChI=1S/C8H5BrF3N3/c1-15-7(9)6-4(14-15)2-3-5(13-6)8(10,11)12/h2-3H,1H3. The van der Waals surface area contributed by atoms with E-state index in [0.717, 1.165) is 6.07 Å². The molecule has 0 N–H and O–H groups in total. The van der Waals surface area contributed by atoms with Crippen molar-refractivity contribution in [3.05, 3.63) is 22.4 Å². The molecule has 7 heteroatoms. The van der Waals surface area contributed by atoms with Gasteiger partial charge in [-0.15, -0.1) is 0 Å². The molecular weight excluding hydrogens is 275 g/mol. The molecule has 0 amide bonds. The fourth-order valence-electron chi connectivity index (χ4n) is 1.20. The van der Waals surface area contributed by atoms with Gasteiger partial charge in [-0.25, -0.2) is 4.98 Å². The van der Waals surface area contributed by atoms with E-state index in [0.29, 0.717) is 10.1 Å². The topological polar surface area (TPSA) is 30.7 Å². The Balaban J connectivity index is 2.70. The number of aryl methyl sites for hydroxylation is 1. The molecular formula is C8H5BrF3N3. The van der Waals surface area contributed by atoms with Crippen LogP contribution < -0.4 is 0 Å². The quantitative estimate of drug-likeness (QED) is 0.743. The number of hydrogen-bond donors (Lipinski definition) is 0. The number of alkyl halides is 3. The van der Waals surface area contributed by atoms with Crippen molar-refractivity contribution in [1.82, 2.24) is 14.8 Å². The Morgan fingerprint density at radius 2 is 2.00 bits per heavy atom. The third-order valence-electron chi connectivity index (χ3n) is 1.90. The molecule has 3 nitrogen and oxygen atoms in total. The zero-order valence-electron chi connectivity index (χ0n) is 7.51. The predicted molar refractivity (Wildman–Crippen MR) is 51.2 cm³/mol. The van der Waals surface area contributed by atoms with Crippen molar-refractivity contribution < 1.29 is 13.2 Å². The second-order valence-corrected chi connectivity index (χ2v) is 3.73. The molecule has 0 saturated carbocycles. The molecule has 0 aromatic carbocycles. The van der Waals surface area contributed by atoms with E-state index in [4.69, 9.17) is 0 Å². The Bertz CT molecular complexity index is 518. The molecule has 2 aromatic rings. The van der Waals surface area contributed by atoms with E-state index in [-0.39, 0.29) is 5.52 Å². The van der Waals surface area contributed by atoms with Gasteiger partial charge in [0, 0.05) is 7.05 Å². The summed E-state index contributed by atoms with van der Waals surface area (Å²) < 4.78 is 38.9. The van der Waals surface area contributed by atoms with Gasteiger partial charge in [-0.05, 0) is 28.1 Å². The fourth-order valence-corrected chi connectivity index (χ4v) is 1.57. The zero-order chi connectivity index (χ0) is 11.2. The maximum absolute atomic E-state index is 12.3. The van der Waals surface area contributed by atoms with Crippen LogP contribution in [0.1, 0.15) is 5.69 Å². The molecule has 0 atom stereocenters. The number of pyridine rings is 1. The summed E-state index contributed by atoms with van der Waals surface area (Å²) in [5.41, 5.74) is -0.270. The lowest BCUT2D eigenvalue weighted by molar-refractivity contribution is -0.140. The molecule has 2 rings (SSSR count). The van der Waals surface area contributed by atoms with Gasteiger partial charge in [0.25, 0.3) is 0 Å². The minimum atomic E-state index is -4.43.